The fraction of sp³-hybridized carbons (Fsp3) is 0.304. The third-order valence-electron chi connectivity index (χ3n) is 4.44. The predicted octanol–water partition coefficient (Wildman–Crippen LogP) is 4.26. The van der Waals surface area contributed by atoms with Crippen molar-refractivity contribution in [3.8, 4) is 11.5 Å². The molecule has 0 spiro atoms. The summed E-state index contributed by atoms with van der Waals surface area (Å²) in [5, 5.41) is 7.77. The van der Waals surface area contributed by atoms with E-state index in [2.05, 4.69) is 39.9 Å². The van der Waals surface area contributed by atoms with E-state index in [1.165, 1.54) is 5.56 Å². The Morgan fingerprint density at radius 2 is 1.93 bits per heavy atom. The number of aliphatic imine (C=N–C) groups is 1. The maximum atomic E-state index is 5.58. The van der Waals surface area contributed by atoms with Crippen molar-refractivity contribution in [2.24, 2.45) is 4.99 Å². The number of pyridine rings is 1. The lowest BCUT2D eigenvalue weighted by Crippen LogP contribution is -2.30. The molecule has 0 bridgehead atoms. The molecule has 152 valence electrons. The number of guanidine groups is 1. The first kappa shape index (κ1) is 20.5. The second kappa shape index (κ2) is 10.3. The molecule has 3 rings (SSSR count). The highest BCUT2D eigenvalue weighted by atomic mass is 16.5. The number of anilines is 1. The average Bonchev–Trinajstić information content (AvgIpc) is 2.75. The van der Waals surface area contributed by atoms with Gasteiger partial charge in [-0.2, -0.15) is 0 Å². The molecule has 0 aliphatic rings. The van der Waals surface area contributed by atoms with Crippen molar-refractivity contribution in [1.82, 2.24) is 10.3 Å². The number of methoxy groups -OCH3 is 1. The summed E-state index contributed by atoms with van der Waals surface area (Å²) in [5.41, 5.74) is 3.13. The van der Waals surface area contributed by atoms with E-state index in [0.29, 0.717) is 18.9 Å². The topological polar surface area (TPSA) is 67.8 Å². The lowest BCUT2D eigenvalue weighted by atomic mass is 10.1. The van der Waals surface area contributed by atoms with Crippen molar-refractivity contribution in [2.45, 2.75) is 20.3 Å². The zero-order valence-electron chi connectivity index (χ0n) is 17.2. The number of benzene rings is 2. The molecule has 6 nitrogen and oxygen atoms in total. The molecule has 2 N–H and O–H groups in total. The van der Waals surface area contributed by atoms with Crippen LogP contribution < -0.4 is 20.1 Å². The van der Waals surface area contributed by atoms with Gasteiger partial charge in [0.2, 0.25) is 0 Å². The molecular formula is C23H28N4O2. The zero-order valence-corrected chi connectivity index (χ0v) is 17.2. The lowest BCUT2D eigenvalue weighted by Gasteiger charge is -2.14. The van der Waals surface area contributed by atoms with E-state index in [-0.39, 0.29) is 0 Å². The molecule has 3 aromatic rings. The Morgan fingerprint density at radius 3 is 2.72 bits per heavy atom. The second-order valence-corrected chi connectivity index (χ2v) is 6.43. The van der Waals surface area contributed by atoms with E-state index < -0.39 is 0 Å². The van der Waals surface area contributed by atoms with Gasteiger partial charge in [-0.1, -0.05) is 24.3 Å². The molecular weight excluding hydrogens is 364 g/mol. The highest BCUT2D eigenvalue weighted by molar-refractivity contribution is 5.94. The van der Waals surface area contributed by atoms with E-state index in [1.807, 2.05) is 44.3 Å². The zero-order chi connectivity index (χ0) is 20.5. The minimum Gasteiger partial charge on any atom is -0.493 e. The van der Waals surface area contributed by atoms with Gasteiger partial charge in [-0.3, -0.25) is 9.98 Å². The third-order valence-corrected chi connectivity index (χ3v) is 4.44. The van der Waals surface area contributed by atoms with Gasteiger partial charge in [0.25, 0.3) is 0 Å². The number of hydrogen-bond donors (Lipinski definition) is 2. The summed E-state index contributed by atoms with van der Waals surface area (Å²) in [5.74, 6) is 2.15. The Labute approximate surface area is 172 Å². The minimum atomic E-state index is 0.594. The molecule has 6 heteroatoms. The van der Waals surface area contributed by atoms with Crippen LogP contribution in [0.1, 0.15) is 19.4 Å². The van der Waals surface area contributed by atoms with Crippen LogP contribution >= 0.6 is 0 Å². The molecule has 0 saturated heterocycles. The first-order valence-electron chi connectivity index (χ1n) is 9.94. The van der Waals surface area contributed by atoms with Crippen LogP contribution in [-0.4, -0.2) is 37.7 Å². The number of ether oxygens (including phenoxy) is 2. The SMILES string of the molecule is CCNC(=NCCc1cccc2cccnc12)Nc1ccc(OCC)c(OC)c1. The summed E-state index contributed by atoms with van der Waals surface area (Å²) in [6.07, 6.45) is 2.65. The van der Waals surface area contributed by atoms with Crippen molar-refractivity contribution in [3.63, 3.8) is 0 Å². The van der Waals surface area contributed by atoms with Gasteiger partial charge in [0.1, 0.15) is 0 Å². The molecule has 0 aliphatic carbocycles. The van der Waals surface area contributed by atoms with Crippen molar-refractivity contribution in [1.29, 1.82) is 0 Å². The molecule has 0 aliphatic heterocycles. The second-order valence-electron chi connectivity index (χ2n) is 6.43. The summed E-state index contributed by atoms with van der Waals surface area (Å²) in [4.78, 5) is 9.24. The van der Waals surface area contributed by atoms with Crippen LogP contribution in [0.3, 0.4) is 0 Å². The van der Waals surface area contributed by atoms with E-state index in [9.17, 15) is 0 Å². The largest absolute Gasteiger partial charge is 0.493 e. The Balaban J connectivity index is 1.71. The smallest absolute Gasteiger partial charge is 0.195 e. The fourth-order valence-electron chi connectivity index (χ4n) is 3.12. The summed E-state index contributed by atoms with van der Waals surface area (Å²) in [7, 11) is 1.64. The van der Waals surface area contributed by atoms with E-state index in [4.69, 9.17) is 14.5 Å². The normalized spacial score (nSPS) is 11.3. The van der Waals surface area contributed by atoms with Crippen molar-refractivity contribution in [3.05, 3.63) is 60.3 Å². The molecule has 0 saturated carbocycles. The van der Waals surface area contributed by atoms with Crippen LogP contribution in [0, 0.1) is 0 Å². The standard InChI is InChI=1S/C23H28N4O2/c1-4-24-23(27-19-11-12-20(29-5-2)21(16-19)28-3)26-15-13-18-9-6-8-17-10-7-14-25-22(17)18/h6-12,14,16H,4-5,13,15H2,1-3H3,(H2,24,26,27). The van der Waals surface area contributed by atoms with Crippen molar-refractivity contribution < 1.29 is 9.47 Å². The van der Waals surface area contributed by atoms with Crippen molar-refractivity contribution >= 4 is 22.5 Å². The van der Waals surface area contributed by atoms with Gasteiger partial charge in [0.05, 0.1) is 19.2 Å². The number of aromatic nitrogens is 1. The molecule has 0 radical (unpaired) electrons. The van der Waals surface area contributed by atoms with Gasteiger partial charge in [-0.25, -0.2) is 0 Å². The lowest BCUT2D eigenvalue weighted by molar-refractivity contribution is 0.311. The van der Waals surface area contributed by atoms with Gasteiger partial charge in [-0.05, 0) is 44.0 Å². The average molecular weight is 393 g/mol. The molecule has 0 atom stereocenters. The van der Waals surface area contributed by atoms with Gasteiger partial charge >= 0.3 is 0 Å². The number of para-hydroxylation sites is 1. The maximum absolute atomic E-state index is 5.58. The predicted molar refractivity (Wildman–Crippen MR) is 119 cm³/mol. The van der Waals surface area contributed by atoms with Crippen LogP contribution in [0.15, 0.2) is 59.7 Å². The van der Waals surface area contributed by atoms with Crippen LogP contribution in [-0.2, 0) is 6.42 Å². The van der Waals surface area contributed by atoms with E-state index in [0.717, 1.165) is 41.3 Å². The highest BCUT2D eigenvalue weighted by Gasteiger charge is 2.07. The maximum Gasteiger partial charge on any atom is 0.195 e. The van der Waals surface area contributed by atoms with Gasteiger partial charge in [0, 0.05) is 36.4 Å². The third kappa shape index (κ3) is 5.38. The Bertz CT molecular complexity index is 967. The number of nitrogens with one attached hydrogen (secondary N) is 2. The molecule has 0 fully saturated rings. The Morgan fingerprint density at radius 1 is 1.07 bits per heavy atom. The number of rotatable bonds is 8. The first-order chi connectivity index (χ1) is 14.2. The highest BCUT2D eigenvalue weighted by Crippen LogP contribution is 2.30. The molecule has 2 aromatic carbocycles. The Kier molecular flexibility index (Phi) is 7.28. The summed E-state index contributed by atoms with van der Waals surface area (Å²) in [6, 6.07) is 16.1. The quantitative estimate of drug-likeness (QED) is 0.443. The molecule has 0 unspecified atom stereocenters. The van der Waals surface area contributed by atoms with Gasteiger partial charge in [0.15, 0.2) is 17.5 Å². The number of nitrogens with zero attached hydrogens (tertiary/aromatic N) is 2. The van der Waals surface area contributed by atoms with Crippen molar-refractivity contribution in [2.75, 3.05) is 32.1 Å². The summed E-state index contributed by atoms with van der Waals surface area (Å²) < 4.78 is 11.0. The molecule has 1 heterocycles. The first-order valence-corrected chi connectivity index (χ1v) is 9.94. The minimum absolute atomic E-state index is 0.594. The van der Waals surface area contributed by atoms with E-state index in [1.54, 1.807) is 7.11 Å². The Hall–Kier alpha value is -3.28. The monoisotopic (exact) mass is 392 g/mol. The number of fused-ring (bicyclic) bond motifs is 1. The van der Waals surface area contributed by atoms with Crippen LogP contribution in [0.2, 0.25) is 0 Å². The summed E-state index contributed by atoms with van der Waals surface area (Å²) >= 11 is 0. The van der Waals surface area contributed by atoms with Gasteiger partial charge in [-0.15, -0.1) is 0 Å². The van der Waals surface area contributed by atoms with E-state index >= 15 is 0 Å². The molecule has 0 amide bonds. The molecule has 29 heavy (non-hydrogen) atoms. The van der Waals surface area contributed by atoms with Crippen LogP contribution in [0.25, 0.3) is 10.9 Å². The fourth-order valence-corrected chi connectivity index (χ4v) is 3.12. The van der Waals surface area contributed by atoms with Crippen LogP contribution in [0.5, 0.6) is 11.5 Å². The number of hydrogen-bond acceptors (Lipinski definition) is 4. The molecule has 1 aromatic heterocycles. The van der Waals surface area contributed by atoms with Gasteiger partial charge < -0.3 is 20.1 Å². The van der Waals surface area contributed by atoms with Crippen LogP contribution in [0.4, 0.5) is 5.69 Å². The summed E-state index contributed by atoms with van der Waals surface area (Å²) in [6.45, 7) is 6.02.